The van der Waals surface area contributed by atoms with Crippen LogP contribution in [0.15, 0.2) is 64.2 Å². The third-order valence-corrected chi connectivity index (χ3v) is 3.58. The Bertz CT molecular complexity index is 877. The van der Waals surface area contributed by atoms with E-state index < -0.39 is 0 Å². The lowest BCUT2D eigenvalue weighted by Gasteiger charge is -2.04. The summed E-state index contributed by atoms with van der Waals surface area (Å²) in [6, 6.07) is 15.1. The topological polar surface area (TPSA) is 54.6 Å². The van der Waals surface area contributed by atoms with E-state index in [1.807, 2.05) is 36.4 Å². The van der Waals surface area contributed by atoms with Crippen molar-refractivity contribution in [3.63, 3.8) is 0 Å². The first-order chi connectivity index (χ1) is 10.3. The van der Waals surface area contributed by atoms with Crippen LogP contribution in [0, 0.1) is 0 Å². The highest BCUT2D eigenvalue weighted by Gasteiger charge is 2.16. The molecule has 1 aliphatic rings. The van der Waals surface area contributed by atoms with Crippen molar-refractivity contribution in [1.82, 2.24) is 5.32 Å². The minimum atomic E-state index is -0.148. The monoisotopic (exact) mass is 276 g/mol. The molecule has 1 aliphatic heterocycles. The number of nitrogens with one attached hydrogen (secondary N) is 1. The van der Waals surface area contributed by atoms with E-state index in [0.717, 1.165) is 22.2 Å². The molecule has 0 unspecified atom stereocenters. The van der Waals surface area contributed by atoms with Gasteiger partial charge in [0.25, 0.3) is 5.91 Å². The molecule has 21 heavy (non-hydrogen) atoms. The summed E-state index contributed by atoms with van der Waals surface area (Å²) in [5.41, 5.74) is 3.44. The number of para-hydroxylation sites is 1. The molecule has 0 atom stereocenters. The molecule has 4 nitrogen and oxygen atoms in total. The van der Waals surface area contributed by atoms with Gasteiger partial charge in [-0.25, -0.2) is 4.99 Å². The van der Waals surface area contributed by atoms with E-state index in [9.17, 15) is 4.79 Å². The molecular weight excluding hydrogens is 264 g/mol. The Morgan fingerprint density at radius 1 is 1.14 bits per heavy atom. The Balaban J connectivity index is 1.56. The standard InChI is InChI=1S/C17H12N2O2/c20-17(13-5-6-15-12(9-13)7-8-21-15)19-16-10-11-3-1-2-4-14(11)18-16/h1-9H,10H2,(H,18,19,20). The summed E-state index contributed by atoms with van der Waals surface area (Å²) in [6.07, 6.45) is 2.28. The second-order valence-corrected chi connectivity index (χ2v) is 4.99. The number of furan rings is 1. The van der Waals surface area contributed by atoms with Crippen LogP contribution in [0.3, 0.4) is 0 Å². The van der Waals surface area contributed by atoms with Gasteiger partial charge in [-0.1, -0.05) is 18.2 Å². The van der Waals surface area contributed by atoms with Gasteiger partial charge in [0, 0.05) is 17.4 Å². The molecule has 1 N–H and O–H groups in total. The van der Waals surface area contributed by atoms with Crippen molar-refractivity contribution in [3.8, 4) is 0 Å². The Labute approximate surface area is 121 Å². The molecule has 3 aromatic rings. The zero-order valence-corrected chi connectivity index (χ0v) is 11.2. The summed E-state index contributed by atoms with van der Waals surface area (Å²) in [5.74, 6) is 0.540. The zero-order valence-electron chi connectivity index (χ0n) is 11.2. The lowest BCUT2D eigenvalue weighted by Crippen LogP contribution is -2.30. The number of benzene rings is 2. The summed E-state index contributed by atoms with van der Waals surface area (Å²) in [5, 5.41) is 3.80. The highest BCUT2D eigenvalue weighted by Crippen LogP contribution is 2.25. The molecule has 0 bridgehead atoms. The molecule has 1 aromatic heterocycles. The van der Waals surface area contributed by atoms with E-state index in [4.69, 9.17) is 4.42 Å². The van der Waals surface area contributed by atoms with E-state index in [2.05, 4.69) is 10.3 Å². The van der Waals surface area contributed by atoms with Crippen molar-refractivity contribution in [1.29, 1.82) is 0 Å². The van der Waals surface area contributed by atoms with Crippen LogP contribution in [0.2, 0.25) is 0 Å². The highest BCUT2D eigenvalue weighted by atomic mass is 16.3. The molecule has 0 spiro atoms. The maximum Gasteiger partial charge on any atom is 0.256 e. The van der Waals surface area contributed by atoms with E-state index in [0.29, 0.717) is 17.8 Å². The highest BCUT2D eigenvalue weighted by molar-refractivity contribution is 6.09. The van der Waals surface area contributed by atoms with Crippen LogP contribution >= 0.6 is 0 Å². The second-order valence-electron chi connectivity index (χ2n) is 4.99. The summed E-state index contributed by atoms with van der Waals surface area (Å²) in [4.78, 5) is 16.7. The number of aliphatic imine (C=N–C) groups is 1. The minimum absolute atomic E-state index is 0.148. The van der Waals surface area contributed by atoms with Crippen LogP contribution in [-0.4, -0.2) is 11.7 Å². The van der Waals surface area contributed by atoms with Gasteiger partial charge in [-0.3, -0.25) is 4.79 Å². The Kier molecular flexibility index (Phi) is 2.60. The molecule has 102 valence electrons. The minimum Gasteiger partial charge on any atom is -0.464 e. The molecule has 4 rings (SSSR count). The molecule has 0 aliphatic carbocycles. The fourth-order valence-corrected chi connectivity index (χ4v) is 2.52. The first-order valence-corrected chi connectivity index (χ1v) is 6.74. The third kappa shape index (κ3) is 2.10. The molecule has 0 fully saturated rings. The number of amidine groups is 1. The SMILES string of the molecule is O=C(NC1=Nc2ccccc2C1)c1ccc2occc2c1. The van der Waals surface area contributed by atoms with Crippen molar-refractivity contribution in [3.05, 3.63) is 65.9 Å². The molecule has 1 amide bonds. The molecule has 2 heterocycles. The van der Waals surface area contributed by atoms with E-state index >= 15 is 0 Å². The van der Waals surface area contributed by atoms with E-state index in [-0.39, 0.29) is 5.91 Å². The van der Waals surface area contributed by atoms with Crippen LogP contribution in [0.4, 0.5) is 5.69 Å². The number of amides is 1. The Morgan fingerprint density at radius 2 is 2.05 bits per heavy atom. The van der Waals surface area contributed by atoms with Crippen LogP contribution in [0.25, 0.3) is 11.0 Å². The van der Waals surface area contributed by atoms with Crippen molar-refractivity contribution in [2.75, 3.05) is 0 Å². The summed E-state index contributed by atoms with van der Waals surface area (Å²) in [7, 11) is 0. The van der Waals surface area contributed by atoms with Crippen LogP contribution in [0.5, 0.6) is 0 Å². The maximum atomic E-state index is 12.3. The number of nitrogens with zero attached hydrogens (tertiary/aromatic N) is 1. The number of hydrogen-bond donors (Lipinski definition) is 1. The molecule has 0 saturated heterocycles. The molecule has 2 aromatic carbocycles. The fourth-order valence-electron chi connectivity index (χ4n) is 2.52. The predicted molar refractivity (Wildman–Crippen MR) is 80.9 cm³/mol. The zero-order chi connectivity index (χ0) is 14.2. The number of carbonyl (C=O) groups is 1. The van der Waals surface area contributed by atoms with Gasteiger partial charge in [-0.15, -0.1) is 0 Å². The van der Waals surface area contributed by atoms with Gasteiger partial charge in [0.2, 0.25) is 0 Å². The lowest BCUT2D eigenvalue weighted by molar-refractivity contribution is 0.0977. The summed E-state index contributed by atoms with van der Waals surface area (Å²) in [6.45, 7) is 0. The van der Waals surface area contributed by atoms with E-state index in [1.54, 1.807) is 18.4 Å². The average molecular weight is 276 g/mol. The smallest absolute Gasteiger partial charge is 0.256 e. The van der Waals surface area contributed by atoms with Crippen molar-refractivity contribution >= 4 is 28.4 Å². The van der Waals surface area contributed by atoms with Crippen LogP contribution in [0.1, 0.15) is 15.9 Å². The molecular formula is C17H12N2O2. The first kappa shape index (κ1) is 11.9. The van der Waals surface area contributed by atoms with Gasteiger partial charge in [0.05, 0.1) is 12.0 Å². The van der Waals surface area contributed by atoms with E-state index in [1.165, 1.54) is 0 Å². The number of fused-ring (bicyclic) bond motifs is 2. The molecule has 0 saturated carbocycles. The first-order valence-electron chi connectivity index (χ1n) is 6.74. The van der Waals surface area contributed by atoms with Crippen molar-refractivity contribution in [2.45, 2.75) is 6.42 Å². The number of carbonyl (C=O) groups excluding carboxylic acids is 1. The van der Waals surface area contributed by atoms with Gasteiger partial charge < -0.3 is 9.73 Å². The largest absolute Gasteiger partial charge is 0.464 e. The van der Waals surface area contributed by atoms with Crippen LogP contribution < -0.4 is 5.32 Å². The van der Waals surface area contributed by atoms with Crippen molar-refractivity contribution in [2.24, 2.45) is 4.99 Å². The average Bonchev–Trinajstić information content (AvgIpc) is 3.11. The van der Waals surface area contributed by atoms with Gasteiger partial charge in [0.15, 0.2) is 0 Å². The second kappa shape index (κ2) is 4.59. The maximum absolute atomic E-state index is 12.3. The van der Waals surface area contributed by atoms with Gasteiger partial charge in [0.1, 0.15) is 11.4 Å². The summed E-state index contributed by atoms with van der Waals surface area (Å²) < 4.78 is 5.27. The number of hydrogen-bond acceptors (Lipinski definition) is 3. The normalized spacial score (nSPS) is 13.0. The predicted octanol–water partition coefficient (Wildman–Crippen LogP) is 3.45. The lowest BCUT2D eigenvalue weighted by atomic mass is 10.1. The number of rotatable bonds is 1. The van der Waals surface area contributed by atoms with Gasteiger partial charge in [-0.2, -0.15) is 0 Å². The van der Waals surface area contributed by atoms with Gasteiger partial charge >= 0.3 is 0 Å². The Morgan fingerprint density at radius 3 is 2.95 bits per heavy atom. The third-order valence-electron chi connectivity index (χ3n) is 3.58. The van der Waals surface area contributed by atoms with Gasteiger partial charge in [-0.05, 0) is 35.9 Å². The molecule has 0 radical (unpaired) electrons. The Hall–Kier alpha value is -2.88. The quantitative estimate of drug-likeness (QED) is 0.740. The van der Waals surface area contributed by atoms with Crippen LogP contribution in [-0.2, 0) is 6.42 Å². The van der Waals surface area contributed by atoms with Crippen molar-refractivity contribution < 1.29 is 9.21 Å². The fraction of sp³-hybridized carbons (Fsp3) is 0.0588. The summed E-state index contributed by atoms with van der Waals surface area (Å²) >= 11 is 0. The molecule has 4 heteroatoms.